The molecule has 0 radical (unpaired) electrons. The van der Waals surface area contributed by atoms with E-state index in [9.17, 15) is 10.1 Å². The molecule has 2 bridgehead atoms. The number of carbonyl (C=O) groups is 1. The number of fused-ring (bicyclic) bond motifs is 3. The number of nitriles is 1. The van der Waals surface area contributed by atoms with Crippen molar-refractivity contribution in [3.63, 3.8) is 0 Å². The first-order valence-corrected chi connectivity index (χ1v) is 9.47. The fourth-order valence-electron chi connectivity index (χ4n) is 4.56. The third kappa shape index (κ3) is 3.19. The summed E-state index contributed by atoms with van der Waals surface area (Å²) in [4.78, 5) is 16.5. The third-order valence-electron chi connectivity index (χ3n) is 5.69. The van der Waals surface area contributed by atoms with E-state index >= 15 is 0 Å². The van der Waals surface area contributed by atoms with Crippen LogP contribution in [0.15, 0.2) is 12.1 Å². The number of carbonyl (C=O) groups excluding carboxylic acids is 1. The topological polar surface area (TPSA) is 59.4 Å². The molecule has 25 heavy (non-hydrogen) atoms. The Morgan fingerprint density at radius 1 is 1.36 bits per heavy atom. The van der Waals surface area contributed by atoms with Gasteiger partial charge in [-0.2, -0.15) is 5.26 Å². The molecule has 1 aromatic carbocycles. The summed E-state index contributed by atoms with van der Waals surface area (Å²) in [7, 11) is 0. The summed E-state index contributed by atoms with van der Waals surface area (Å²) < 4.78 is 0. The first-order valence-electron chi connectivity index (χ1n) is 8.71. The monoisotopic (exact) mass is 378 g/mol. The molecule has 3 heterocycles. The molecule has 1 aromatic rings. The van der Waals surface area contributed by atoms with Crippen molar-refractivity contribution in [2.24, 2.45) is 0 Å². The van der Waals surface area contributed by atoms with Crippen molar-refractivity contribution in [3.8, 4) is 6.19 Å². The molecular weight excluding hydrogens is 359 g/mol. The second kappa shape index (κ2) is 6.68. The van der Waals surface area contributed by atoms with Crippen LogP contribution in [0.25, 0.3) is 0 Å². The van der Waals surface area contributed by atoms with Crippen LogP contribution in [-0.2, 0) is 17.8 Å². The molecule has 3 aliphatic rings. The van der Waals surface area contributed by atoms with Crippen molar-refractivity contribution >= 4 is 29.1 Å². The van der Waals surface area contributed by atoms with E-state index in [4.69, 9.17) is 23.2 Å². The van der Waals surface area contributed by atoms with E-state index in [2.05, 4.69) is 16.4 Å². The standard InChI is InChI=1S/C18H20Cl2N4O/c19-12-5-11-8-23(4-3-14(11)15(20)6-12)9-18(25)22-16-7-13-1-2-17(16)24(13)10-21/h5-6,13,16-17H,1-4,7-9H2,(H,22,25)/t13-,16+,17+/m0/s1. The van der Waals surface area contributed by atoms with Gasteiger partial charge in [0, 0.05) is 29.2 Å². The number of halogens is 2. The minimum atomic E-state index is 0.0343. The Hall–Kier alpha value is -1.48. The van der Waals surface area contributed by atoms with Crippen LogP contribution in [0.2, 0.25) is 10.0 Å². The van der Waals surface area contributed by atoms with Crippen LogP contribution in [0.1, 0.15) is 30.4 Å². The van der Waals surface area contributed by atoms with E-state index in [0.717, 1.165) is 43.4 Å². The van der Waals surface area contributed by atoms with E-state index in [1.165, 1.54) is 0 Å². The number of benzene rings is 1. The molecular formula is C18H20Cl2N4O. The summed E-state index contributed by atoms with van der Waals surface area (Å²) in [5.41, 5.74) is 2.24. The SMILES string of the molecule is N#CN1[C@H]2CC[C@@H]1[C@H](NC(=O)CN1CCc3c(Cl)cc(Cl)cc3C1)C2. The normalized spacial score (nSPS) is 27.9. The largest absolute Gasteiger partial charge is 0.350 e. The Kier molecular flexibility index (Phi) is 4.53. The number of amides is 1. The van der Waals surface area contributed by atoms with Crippen LogP contribution in [0, 0.1) is 11.5 Å². The number of hydrogen-bond donors (Lipinski definition) is 1. The molecule has 0 aliphatic carbocycles. The predicted molar refractivity (Wildman–Crippen MR) is 96.3 cm³/mol. The number of hydrogen-bond acceptors (Lipinski definition) is 4. The maximum Gasteiger partial charge on any atom is 0.234 e. The van der Waals surface area contributed by atoms with Gasteiger partial charge in [-0.15, -0.1) is 0 Å². The highest BCUT2D eigenvalue weighted by Crippen LogP contribution is 2.37. The van der Waals surface area contributed by atoms with Crippen LogP contribution in [0.3, 0.4) is 0 Å². The second-order valence-electron chi connectivity index (χ2n) is 7.20. The first kappa shape index (κ1) is 17.0. The molecule has 2 saturated heterocycles. The molecule has 7 heteroatoms. The molecule has 3 atom stereocenters. The maximum absolute atomic E-state index is 12.5. The number of nitrogens with zero attached hydrogens (tertiary/aromatic N) is 3. The average molecular weight is 379 g/mol. The van der Waals surface area contributed by atoms with Crippen molar-refractivity contribution in [3.05, 3.63) is 33.3 Å². The minimum Gasteiger partial charge on any atom is -0.350 e. The van der Waals surface area contributed by atoms with Crippen molar-refractivity contribution < 1.29 is 4.79 Å². The van der Waals surface area contributed by atoms with Crippen LogP contribution >= 0.6 is 23.2 Å². The fraction of sp³-hybridized carbons (Fsp3) is 0.556. The van der Waals surface area contributed by atoms with Crippen LogP contribution in [0.5, 0.6) is 0 Å². The lowest BCUT2D eigenvalue weighted by atomic mass is 9.95. The van der Waals surface area contributed by atoms with Crippen LogP contribution in [-0.4, -0.2) is 46.9 Å². The molecule has 0 spiro atoms. The number of rotatable bonds is 3. The molecule has 1 N–H and O–H groups in total. The molecule has 2 fully saturated rings. The summed E-state index contributed by atoms with van der Waals surface area (Å²) >= 11 is 12.4. The zero-order valence-corrected chi connectivity index (χ0v) is 15.4. The Bertz CT molecular complexity index is 747. The lowest BCUT2D eigenvalue weighted by Gasteiger charge is -2.30. The Morgan fingerprint density at radius 2 is 2.20 bits per heavy atom. The van der Waals surface area contributed by atoms with Gasteiger partial charge in [-0.1, -0.05) is 23.2 Å². The summed E-state index contributed by atoms with van der Waals surface area (Å²) in [6, 6.07) is 4.31. The molecule has 0 unspecified atom stereocenters. The molecule has 0 aromatic heterocycles. The van der Waals surface area contributed by atoms with Gasteiger partial charge in [0.15, 0.2) is 6.19 Å². The van der Waals surface area contributed by atoms with Gasteiger partial charge in [0.2, 0.25) is 5.91 Å². The fourth-order valence-corrected chi connectivity index (χ4v) is 5.19. The molecule has 132 valence electrons. The third-order valence-corrected chi connectivity index (χ3v) is 6.25. The summed E-state index contributed by atoms with van der Waals surface area (Å²) in [6.07, 6.45) is 6.06. The van der Waals surface area contributed by atoms with Gasteiger partial charge in [0.1, 0.15) is 0 Å². The quantitative estimate of drug-likeness (QED) is 0.821. The van der Waals surface area contributed by atoms with Crippen molar-refractivity contribution in [1.82, 2.24) is 15.1 Å². The zero-order chi connectivity index (χ0) is 17.6. The summed E-state index contributed by atoms with van der Waals surface area (Å²) in [6.45, 7) is 1.86. The second-order valence-corrected chi connectivity index (χ2v) is 8.05. The average Bonchev–Trinajstić information content (AvgIpc) is 3.10. The summed E-state index contributed by atoms with van der Waals surface area (Å²) in [5.74, 6) is 0.0343. The van der Waals surface area contributed by atoms with E-state index in [0.29, 0.717) is 29.2 Å². The van der Waals surface area contributed by atoms with Gasteiger partial charge >= 0.3 is 0 Å². The van der Waals surface area contributed by atoms with Gasteiger partial charge in [-0.25, -0.2) is 0 Å². The zero-order valence-electron chi connectivity index (χ0n) is 13.8. The van der Waals surface area contributed by atoms with Gasteiger partial charge in [-0.05, 0) is 48.9 Å². The van der Waals surface area contributed by atoms with Crippen molar-refractivity contribution in [2.45, 2.75) is 50.4 Å². The first-order chi connectivity index (χ1) is 12.0. The van der Waals surface area contributed by atoms with Crippen LogP contribution < -0.4 is 5.32 Å². The molecule has 4 rings (SSSR count). The molecule has 3 aliphatic heterocycles. The molecule has 0 saturated carbocycles. The Labute approximate surface area is 157 Å². The Balaban J connectivity index is 1.36. The van der Waals surface area contributed by atoms with Gasteiger partial charge in [0.05, 0.1) is 18.6 Å². The van der Waals surface area contributed by atoms with E-state index in [1.54, 1.807) is 6.07 Å². The lowest BCUT2D eigenvalue weighted by molar-refractivity contribution is -0.123. The predicted octanol–water partition coefficient (Wildman–Crippen LogP) is 2.55. The highest BCUT2D eigenvalue weighted by molar-refractivity contribution is 6.35. The van der Waals surface area contributed by atoms with Crippen molar-refractivity contribution in [2.75, 3.05) is 13.1 Å². The highest BCUT2D eigenvalue weighted by Gasteiger charge is 2.46. The van der Waals surface area contributed by atoms with Gasteiger partial charge in [-0.3, -0.25) is 9.69 Å². The van der Waals surface area contributed by atoms with E-state index in [1.807, 2.05) is 11.0 Å². The van der Waals surface area contributed by atoms with Gasteiger partial charge in [0.25, 0.3) is 0 Å². The highest BCUT2D eigenvalue weighted by atomic mass is 35.5. The van der Waals surface area contributed by atoms with Gasteiger partial charge < -0.3 is 10.2 Å². The summed E-state index contributed by atoms with van der Waals surface area (Å²) in [5, 5.41) is 13.7. The minimum absolute atomic E-state index is 0.0343. The maximum atomic E-state index is 12.5. The van der Waals surface area contributed by atoms with Crippen molar-refractivity contribution in [1.29, 1.82) is 5.26 Å². The Morgan fingerprint density at radius 3 is 2.96 bits per heavy atom. The lowest BCUT2D eigenvalue weighted by Crippen LogP contribution is -2.47. The molecule has 5 nitrogen and oxygen atoms in total. The van der Waals surface area contributed by atoms with E-state index in [-0.39, 0.29) is 18.0 Å². The van der Waals surface area contributed by atoms with E-state index < -0.39 is 0 Å². The number of nitrogens with one attached hydrogen (secondary N) is 1. The van der Waals surface area contributed by atoms with Crippen LogP contribution in [0.4, 0.5) is 0 Å². The molecule has 1 amide bonds. The smallest absolute Gasteiger partial charge is 0.234 e.